The van der Waals surface area contributed by atoms with E-state index in [0.29, 0.717) is 28.4 Å². The monoisotopic (exact) mass is 547 g/mol. The fourth-order valence-corrected chi connectivity index (χ4v) is 3.72. The summed E-state index contributed by atoms with van der Waals surface area (Å²) in [6.45, 7) is 3.72. The first-order valence-electron chi connectivity index (χ1n) is 10.5. The van der Waals surface area contributed by atoms with Gasteiger partial charge in [-0.1, -0.05) is 28.1 Å². The van der Waals surface area contributed by atoms with Crippen molar-refractivity contribution in [2.45, 2.75) is 33.3 Å². The number of alkyl halides is 3. The van der Waals surface area contributed by atoms with Crippen LogP contribution in [0.2, 0.25) is 0 Å². The van der Waals surface area contributed by atoms with Crippen LogP contribution in [0.1, 0.15) is 33.0 Å². The van der Waals surface area contributed by atoms with Crippen molar-refractivity contribution in [1.82, 2.24) is 19.6 Å². The summed E-state index contributed by atoms with van der Waals surface area (Å²) in [5, 5.41) is 11.4. The highest BCUT2D eigenvalue weighted by molar-refractivity contribution is 9.10. The molecule has 7 nitrogen and oxygen atoms in total. The lowest BCUT2D eigenvalue weighted by molar-refractivity contribution is -0.137. The first kappa shape index (κ1) is 24.5. The molecule has 0 aliphatic heterocycles. The number of halogens is 4. The number of carbonyl (C=O) groups is 1. The van der Waals surface area contributed by atoms with Gasteiger partial charge in [-0.15, -0.1) is 0 Å². The number of aromatic nitrogens is 4. The minimum absolute atomic E-state index is 0.127. The molecule has 0 saturated carbocycles. The first-order valence-corrected chi connectivity index (χ1v) is 11.3. The predicted octanol–water partition coefficient (Wildman–Crippen LogP) is 5.81. The van der Waals surface area contributed by atoms with E-state index in [4.69, 9.17) is 4.74 Å². The van der Waals surface area contributed by atoms with E-state index in [1.54, 1.807) is 36.9 Å². The summed E-state index contributed by atoms with van der Waals surface area (Å²) in [5.74, 6) is 0.228. The minimum atomic E-state index is -4.42. The Labute approximate surface area is 207 Å². The molecule has 4 aromatic rings. The van der Waals surface area contributed by atoms with Crippen LogP contribution in [0.15, 0.2) is 65.3 Å². The van der Waals surface area contributed by atoms with Gasteiger partial charge in [0.05, 0.1) is 29.2 Å². The van der Waals surface area contributed by atoms with Crippen molar-refractivity contribution in [3.63, 3.8) is 0 Å². The number of anilines is 1. The van der Waals surface area contributed by atoms with Gasteiger partial charge in [0.15, 0.2) is 12.4 Å². The van der Waals surface area contributed by atoms with E-state index in [2.05, 4.69) is 31.4 Å². The van der Waals surface area contributed by atoms with E-state index in [1.807, 2.05) is 24.3 Å². The number of nitrogens with zero attached hydrogens (tertiary/aromatic N) is 4. The third kappa shape index (κ3) is 5.91. The maximum absolute atomic E-state index is 13.0. The lowest BCUT2D eigenvalue weighted by atomic mass is 10.1. The topological polar surface area (TPSA) is 74.0 Å². The van der Waals surface area contributed by atoms with Crippen molar-refractivity contribution < 1.29 is 22.7 Å². The third-order valence-electron chi connectivity index (χ3n) is 5.26. The smallest absolute Gasteiger partial charge is 0.416 e. The van der Waals surface area contributed by atoms with Gasteiger partial charge in [0.25, 0.3) is 5.91 Å². The molecule has 0 saturated heterocycles. The average Bonchev–Trinajstić information content (AvgIpc) is 3.39. The van der Waals surface area contributed by atoms with Gasteiger partial charge < -0.3 is 10.1 Å². The molecule has 1 N–H and O–H groups in total. The van der Waals surface area contributed by atoms with Gasteiger partial charge in [-0.25, -0.2) is 4.68 Å². The zero-order valence-electron chi connectivity index (χ0n) is 18.8. The number of aryl methyl sites for hydroxylation is 1. The van der Waals surface area contributed by atoms with Gasteiger partial charge in [0.2, 0.25) is 0 Å². The van der Waals surface area contributed by atoms with E-state index < -0.39 is 17.6 Å². The molecule has 4 rings (SSSR count). The van der Waals surface area contributed by atoms with Crippen molar-refractivity contribution in [3.8, 4) is 5.75 Å². The van der Waals surface area contributed by atoms with Gasteiger partial charge in [0.1, 0.15) is 5.75 Å². The fraction of sp³-hybridized carbons (Fsp3) is 0.208. The maximum atomic E-state index is 13.0. The Balaban J connectivity index is 1.43. The van der Waals surface area contributed by atoms with Crippen molar-refractivity contribution in [1.29, 1.82) is 0 Å². The summed E-state index contributed by atoms with van der Waals surface area (Å²) in [6, 6.07) is 14.0. The van der Waals surface area contributed by atoms with Crippen molar-refractivity contribution in [2.75, 3.05) is 5.32 Å². The Morgan fingerprint density at radius 2 is 1.83 bits per heavy atom. The molecule has 2 aromatic carbocycles. The molecule has 2 aromatic heterocycles. The van der Waals surface area contributed by atoms with Crippen LogP contribution >= 0.6 is 15.9 Å². The second-order valence-electron chi connectivity index (χ2n) is 7.82. The van der Waals surface area contributed by atoms with Gasteiger partial charge in [-0.05, 0) is 61.9 Å². The Bertz CT molecular complexity index is 1350. The van der Waals surface area contributed by atoms with E-state index in [-0.39, 0.29) is 19.0 Å². The molecule has 0 spiro atoms. The van der Waals surface area contributed by atoms with Crippen LogP contribution in [-0.4, -0.2) is 25.5 Å². The summed E-state index contributed by atoms with van der Waals surface area (Å²) < 4.78 is 48.7. The number of hydrogen-bond acceptors (Lipinski definition) is 4. The largest absolute Gasteiger partial charge is 0.471 e. The summed E-state index contributed by atoms with van der Waals surface area (Å²) >= 11 is 3.36. The molecule has 182 valence electrons. The minimum Gasteiger partial charge on any atom is -0.471 e. The Hall–Kier alpha value is -3.60. The van der Waals surface area contributed by atoms with Crippen LogP contribution in [0, 0.1) is 13.8 Å². The number of ether oxygens (including phenoxy) is 1. The second kappa shape index (κ2) is 9.95. The summed E-state index contributed by atoms with van der Waals surface area (Å²) in [7, 11) is 0. The van der Waals surface area contributed by atoms with Crippen molar-refractivity contribution >= 4 is 27.5 Å². The normalized spacial score (nSPS) is 11.5. The van der Waals surface area contributed by atoms with E-state index in [1.165, 1.54) is 10.7 Å². The number of hydrogen-bond donors (Lipinski definition) is 1. The number of benzene rings is 2. The molecular weight excluding hydrogens is 527 g/mol. The van der Waals surface area contributed by atoms with Gasteiger partial charge in [-0.2, -0.15) is 23.4 Å². The quantitative estimate of drug-likeness (QED) is 0.316. The highest BCUT2D eigenvalue weighted by Gasteiger charge is 2.30. The van der Waals surface area contributed by atoms with E-state index in [9.17, 15) is 18.0 Å². The zero-order valence-corrected chi connectivity index (χ0v) is 20.4. The van der Waals surface area contributed by atoms with E-state index >= 15 is 0 Å². The van der Waals surface area contributed by atoms with Crippen LogP contribution in [-0.2, 0) is 19.5 Å². The average molecular weight is 548 g/mol. The summed E-state index contributed by atoms with van der Waals surface area (Å²) in [4.78, 5) is 12.8. The molecule has 0 aliphatic carbocycles. The van der Waals surface area contributed by atoms with Crippen molar-refractivity contribution in [3.05, 3.63) is 93.5 Å². The molecule has 1 amide bonds. The summed E-state index contributed by atoms with van der Waals surface area (Å²) in [5.41, 5.74) is 1.57. The second-order valence-corrected chi connectivity index (χ2v) is 8.74. The molecule has 0 fully saturated rings. The molecule has 11 heteroatoms. The summed E-state index contributed by atoms with van der Waals surface area (Å²) in [6.07, 6.45) is -2.79. The van der Waals surface area contributed by atoms with Gasteiger partial charge in [-0.3, -0.25) is 9.48 Å². The maximum Gasteiger partial charge on any atom is 0.416 e. The molecule has 0 aliphatic rings. The van der Waals surface area contributed by atoms with Crippen LogP contribution in [0.3, 0.4) is 0 Å². The Morgan fingerprint density at radius 1 is 1.09 bits per heavy atom. The molecular formula is C24H21BrF3N5O2. The van der Waals surface area contributed by atoms with Crippen LogP contribution in [0.25, 0.3) is 0 Å². The molecule has 0 atom stereocenters. The van der Waals surface area contributed by atoms with Crippen LogP contribution in [0.4, 0.5) is 18.9 Å². The van der Waals surface area contributed by atoms with Gasteiger partial charge in [0, 0.05) is 10.7 Å². The molecule has 35 heavy (non-hydrogen) atoms. The molecule has 0 radical (unpaired) electrons. The highest BCUT2D eigenvalue weighted by atomic mass is 79.9. The number of rotatable bonds is 7. The van der Waals surface area contributed by atoms with Crippen LogP contribution < -0.4 is 10.1 Å². The van der Waals surface area contributed by atoms with Crippen LogP contribution in [0.5, 0.6) is 5.75 Å². The highest BCUT2D eigenvalue weighted by Crippen LogP contribution is 2.30. The number of carbonyl (C=O) groups excluding carboxylic acids is 1. The predicted molar refractivity (Wildman–Crippen MR) is 127 cm³/mol. The Kier molecular flexibility index (Phi) is 6.97. The Morgan fingerprint density at radius 3 is 2.54 bits per heavy atom. The number of nitrogens with one attached hydrogen (secondary N) is 1. The molecule has 0 bridgehead atoms. The van der Waals surface area contributed by atoms with Crippen molar-refractivity contribution in [2.24, 2.45) is 0 Å². The fourth-order valence-electron chi connectivity index (χ4n) is 3.45. The lowest BCUT2D eigenvalue weighted by Gasteiger charge is -2.10. The SMILES string of the molecule is Cc1nn(Cc2cccc(C(F)(F)F)c2)c(C)c1NC(=O)c1ccn(COc2ccc(Br)cc2)n1. The molecule has 0 unspecified atom stereocenters. The lowest BCUT2D eigenvalue weighted by Crippen LogP contribution is -2.15. The third-order valence-corrected chi connectivity index (χ3v) is 5.79. The first-order chi connectivity index (χ1) is 16.6. The van der Waals surface area contributed by atoms with E-state index in [0.717, 1.165) is 16.6 Å². The molecule has 2 heterocycles. The standard InChI is InChI=1S/C24H21BrF3N5O2/c1-15-22(16(2)33(30-15)13-17-4-3-5-18(12-17)24(26,27)28)29-23(34)21-10-11-32(31-21)14-35-20-8-6-19(25)7-9-20/h3-12H,13-14H2,1-2H3,(H,29,34). The number of amides is 1. The van der Waals surface area contributed by atoms with Gasteiger partial charge >= 0.3 is 6.18 Å². The zero-order chi connectivity index (χ0) is 25.2.